The summed E-state index contributed by atoms with van der Waals surface area (Å²) in [7, 11) is -0.818. The third kappa shape index (κ3) is 14.3. The Labute approximate surface area is 295 Å². The van der Waals surface area contributed by atoms with Crippen LogP contribution in [0.4, 0.5) is 0 Å². The summed E-state index contributed by atoms with van der Waals surface area (Å²) in [6, 6.07) is 60.5. The zero-order valence-corrected chi connectivity index (χ0v) is 28.6. The van der Waals surface area contributed by atoms with Crippen LogP contribution in [0.25, 0.3) is 0 Å². The van der Waals surface area contributed by atoms with Crippen LogP contribution in [-0.4, -0.2) is 0 Å². The van der Waals surface area contributed by atoms with Gasteiger partial charge in [-0.15, -0.1) is 0 Å². The Morgan fingerprint density at radius 2 is 0.565 bits per heavy atom. The number of benzene rings is 4. The summed E-state index contributed by atoms with van der Waals surface area (Å²) in [6.07, 6.45) is 0. The van der Waals surface area contributed by atoms with Crippen molar-refractivity contribution in [1.29, 1.82) is 0 Å². The van der Waals surface area contributed by atoms with Gasteiger partial charge in [-0.3, -0.25) is 0 Å². The number of rotatable bonds is 6. The van der Waals surface area contributed by atoms with Gasteiger partial charge in [0.05, 0.1) is 0 Å². The fraction of sp³-hybridized carbons (Fsp3) is 0. The molecular weight excluding hydrogens is 690 g/mol. The van der Waals surface area contributed by atoms with Crippen LogP contribution in [-0.2, 0) is 53.0 Å². The normalized spacial score (nSPS) is 8.57. The quantitative estimate of drug-likeness (QED) is 0.0856. The molecular formula is C38H28CrFeO4P2. The first-order valence-corrected chi connectivity index (χ1v) is 15.6. The minimum absolute atomic E-state index is 0. The predicted molar refractivity (Wildman–Crippen MR) is 177 cm³/mol. The van der Waals surface area contributed by atoms with Gasteiger partial charge in [0.15, 0.2) is 0 Å². The summed E-state index contributed by atoms with van der Waals surface area (Å²) in [5, 5.41) is 8.47. The van der Waals surface area contributed by atoms with Crippen LogP contribution in [0.1, 0.15) is 0 Å². The SMILES string of the molecule is [C-]#[O+].[C-]#[O+].[C-]#[O+].[C-]#[O+].[Cr].[Fe+2].c1ccc(P(c2ccccc2)c2cc[cH-]c2)cc1.c1ccc(P(c2ccccc2)c2cc[cH-]c2)cc1. The molecule has 0 atom stereocenters. The second-order valence-electron chi connectivity index (χ2n) is 8.30. The Bertz CT molecular complexity index is 1390. The topological polar surface area (TPSA) is 79.6 Å². The van der Waals surface area contributed by atoms with Crippen LogP contribution in [0.5, 0.6) is 0 Å². The predicted octanol–water partition coefficient (Wildman–Crippen LogP) is 6.17. The van der Waals surface area contributed by atoms with Gasteiger partial charge >= 0.3 is 62.3 Å². The maximum atomic E-state index is 7.50. The fourth-order valence-electron chi connectivity index (χ4n) is 4.23. The van der Waals surface area contributed by atoms with Crippen molar-refractivity contribution in [3.05, 3.63) is 196 Å². The smallest absolute Gasteiger partial charge is 0.206 e. The van der Waals surface area contributed by atoms with Crippen molar-refractivity contribution < 1.29 is 53.0 Å². The second-order valence-corrected chi connectivity index (χ2v) is 12.7. The third-order valence-electron chi connectivity index (χ3n) is 5.86. The molecule has 0 aromatic heterocycles. The van der Waals surface area contributed by atoms with Gasteiger partial charge in [-0.25, -0.2) is 12.1 Å². The first-order valence-electron chi connectivity index (χ1n) is 13.0. The van der Waals surface area contributed by atoms with Gasteiger partial charge in [-0.1, -0.05) is 137 Å². The molecule has 0 N–H and O–H groups in total. The molecule has 4 nitrogen and oxygen atoms in total. The van der Waals surface area contributed by atoms with E-state index < -0.39 is 15.8 Å². The Hall–Kier alpha value is -3.55. The van der Waals surface area contributed by atoms with Gasteiger partial charge in [0.25, 0.3) is 0 Å². The zero-order valence-electron chi connectivity index (χ0n) is 24.5. The minimum Gasteiger partial charge on any atom is -0.206 e. The number of hydrogen-bond donors (Lipinski definition) is 0. The molecule has 6 aromatic rings. The van der Waals surface area contributed by atoms with Crippen molar-refractivity contribution in [2.24, 2.45) is 0 Å². The standard InChI is InChI=1S/2C17H14P.4CO.Cr.Fe/c2*1-3-9-15(10-4-1)18(17-13-7-8-14-17)16-11-5-2-6-12-16;4*1-2;;/h2*1-14H;;;;;;/q2*-1;;;;;;+2. The Kier molecular flexibility index (Phi) is 28.0. The largest absolute Gasteiger partial charge is 2.00 e. The third-order valence-corrected chi connectivity index (χ3v) is 10.8. The van der Waals surface area contributed by atoms with Crippen LogP contribution >= 0.6 is 15.8 Å². The molecule has 0 fully saturated rings. The maximum Gasteiger partial charge on any atom is 2.00 e. The maximum absolute atomic E-state index is 7.50. The van der Waals surface area contributed by atoms with E-state index in [4.69, 9.17) is 18.6 Å². The van der Waals surface area contributed by atoms with Crippen LogP contribution in [0.2, 0.25) is 0 Å². The van der Waals surface area contributed by atoms with E-state index in [9.17, 15) is 0 Å². The molecule has 0 aliphatic heterocycles. The van der Waals surface area contributed by atoms with E-state index in [0.29, 0.717) is 0 Å². The first-order chi connectivity index (χ1) is 21.9. The molecule has 0 aliphatic carbocycles. The van der Waals surface area contributed by atoms with E-state index >= 15 is 0 Å². The van der Waals surface area contributed by atoms with Gasteiger partial charge < -0.3 is 0 Å². The van der Waals surface area contributed by atoms with Crippen LogP contribution in [0.15, 0.2) is 170 Å². The summed E-state index contributed by atoms with van der Waals surface area (Å²) in [6.45, 7) is 18.0. The van der Waals surface area contributed by atoms with Crippen LogP contribution < -0.4 is 31.8 Å². The molecule has 0 aliphatic rings. The van der Waals surface area contributed by atoms with Crippen LogP contribution in [0.3, 0.4) is 0 Å². The monoisotopic (exact) mass is 718 g/mol. The van der Waals surface area contributed by atoms with Crippen molar-refractivity contribution in [2.75, 3.05) is 0 Å². The van der Waals surface area contributed by atoms with E-state index in [-0.39, 0.29) is 34.4 Å². The summed E-state index contributed by atoms with van der Waals surface area (Å²) in [4.78, 5) is 0. The van der Waals surface area contributed by atoms with Crippen molar-refractivity contribution in [1.82, 2.24) is 0 Å². The Morgan fingerprint density at radius 3 is 0.739 bits per heavy atom. The molecule has 6 aromatic carbocycles. The van der Waals surface area contributed by atoms with Gasteiger partial charge in [-0.2, -0.15) is 47.0 Å². The second kappa shape index (κ2) is 28.9. The van der Waals surface area contributed by atoms with Crippen molar-refractivity contribution in [3.8, 4) is 0 Å². The molecule has 0 heterocycles. The fourth-order valence-corrected chi connectivity index (χ4v) is 8.84. The molecule has 228 valence electrons. The van der Waals surface area contributed by atoms with Crippen molar-refractivity contribution in [3.63, 3.8) is 0 Å². The van der Waals surface area contributed by atoms with Gasteiger partial charge in [0.1, 0.15) is 0 Å². The molecule has 8 heteroatoms. The Morgan fingerprint density at radius 1 is 0.348 bits per heavy atom. The van der Waals surface area contributed by atoms with E-state index in [2.05, 4.69) is 196 Å². The van der Waals surface area contributed by atoms with Gasteiger partial charge in [0, 0.05) is 17.4 Å². The Balaban J connectivity index is 0. The van der Waals surface area contributed by atoms with Gasteiger partial charge in [-0.05, 0) is 21.2 Å². The summed E-state index contributed by atoms with van der Waals surface area (Å²) >= 11 is 0. The molecule has 0 radical (unpaired) electrons. The molecule has 0 bridgehead atoms. The summed E-state index contributed by atoms with van der Waals surface area (Å²) in [5.41, 5.74) is 0. The van der Waals surface area contributed by atoms with E-state index in [0.717, 1.165) is 0 Å². The molecule has 6 rings (SSSR count). The molecule has 0 spiro atoms. The molecule has 46 heavy (non-hydrogen) atoms. The van der Waals surface area contributed by atoms with Crippen molar-refractivity contribution >= 4 is 47.7 Å². The van der Waals surface area contributed by atoms with E-state index in [1.165, 1.54) is 31.8 Å². The zero-order chi connectivity index (χ0) is 32.4. The average Bonchev–Trinajstić information content (AvgIpc) is 3.87. The van der Waals surface area contributed by atoms with E-state index in [1.807, 2.05) is 0 Å². The minimum atomic E-state index is -0.409. The summed E-state index contributed by atoms with van der Waals surface area (Å²) in [5.74, 6) is 0. The van der Waals surface area contributed by atoms with Gasteiger partial charge in [0.2, 0.25) is 0 Å². The number of hydrogen-bond acceptors (Lipinski definition) is 0. The van der Waals surface area contributed by atoms with Crippen molar-refractivity contribution in [2.45, 2.75) is 0 Å². The molecule has 0 saturated heterocycles. The van der Waals surface area contributed by atoms with E-state index in [1.54, 1.807) is 0 Å². The first kappa shape index (κ1) is 44.6. The summed E-state index contributed by atoms with van der Waals surface area (Å²) < 4.78 is 30.0. The molecule has 0 amide bonds. The molecule has 0 unspecified atom stereocenters. The van der Waals surface area contributed by atoms with Crippen LogP contribution in [0, 0.1) is 26.6 Å². The average molecular weight is 718 g/mol. The molecule has 0 saturated carbocycles.